The number of benzene rings is 2. The van der Waals surface area contributed by atoms with Crippen LogP contribution in [0.1, 0.15) is 15.9 Å². The molecule has 2 heteroatoms. The monoisotopic (exact) mass is 247 g/mol. The molecule has 0 aliphatic carbocycles. The fourth-order valence-corrected chi connectivity index (χ4v) is 2.17. The molecule has 0 aliphatic rings. The van der Waals surface area contributed by atoms with Gasteiger partial charge in [-0.25, -0.2) is 4.98 Å². The van der Waals surface area contributed by atoms with E-state index in [1.54, 1.807) is 0 Å². The average molecular weight is 247 g/mol. The molecule has 0 bridgehead atoms. The fourth-order valence-electron chi connectivity index (χ4n) is 2.17. The van der Waals surface area contributed by atoms with Gasteiger partial charge in [0.25, 0.3) is 0 Å². The van der Waals surface area contributed by atoms with Crippen molar-refractivity contribution in [1.29, 1.82) is 0 Å². The van der Waals surface area contributed by atoms with Crippen molar-refractivity contribution in [2.24, 2.45) is 0 Å². The Morgan fingerprint density at radius 1 is 1.00 bits per heavy atom. The lowest BCUT2D eigenvalue weighted by molar-refractivity contribution is 0.112. The maximum absolute atomic E-state index is 11.2. The third-order valence-electron chi connectivity index (χ3n) is 3.22. The number of hydrogen-bond acceptors (Lipinski definition) is 2. The number of carbonyl (C=O) groups is 1. The van der Waals surface area contributed by atoms with E-state index in [4.69, 9.17) is 0 Å². The Labute approximate surface area is 111 Å². The SMILES string of the molecule is Cc1ccc(-c2cc(C=O)c3ccccc3n2)cc1. The summed E-state index contributed by atoms with van der Waals surface area (Å²) < 4.78 is 0. The molecule has 1 aromatic heterocycles. The van der Waals surface area contributed by atoms with Gasteiger partial charge in [-0.1, -0.05) is 48.0 Å². The van der Waals surface area contributed by atoms with Gasteiger partial charge in [-0.05, 0) is 19.1 Å². The van der Waals surface area contributed by atoms with Crippen LogP contribution in [0.3, 0.4) is 0 Å². The van der Waals surface area contributed by atoms with Gasteiger partial charge in [-0.3, -0.25) is 4.79 Å². The molecule has 0 radical (unpaired) electrons. The standard InChI is InChI=1S/C17H13NO/c1-12-6-8-13(9-7-12)17-10-14(11-19)15-4-2-3-5-16(15)18-17/h2-11H,1H3. The Bertz CT molecular complexity index is 745. The summed E-state index contributed by atoms with van der Waals surface area (Å²) >= 11 is 0. The summed E-state index contributed by atoms with van der Waals surface area (Å²) in [6.07, 6.45) is 0.891. The Morgan fingerprint density at radius 2 is 1.74 bits per heavy atom. The number of aromatic nitrogens is 1. The highest BCUT2D eigenvalue weighted by Gasteiger charge is 2.06. The fraction of sp³-hybridized carbons (Fsp3) is 0.0588. The normalized spacial score (nSPS) is 10.6. The highest BCUT2D eigenvalue weighted by atomic mass is 16.1. The molecule has 1 heterocycles. The lowest BCUT2D eigenvalue weighted by Gasteiger charge is -2.06. The molecule has 2 nitrogen and oxygen atoms in total. The molecular weight excluding hydrogens is 234 g/mol. The van der Waals surface area contributed by atoms with E-state index in [-0.39, 0.29) is 0 Å². The van der Waals surface area contributed by atoms with Crippen molar-refractivity contribution in [3.8, 4) is 11.3 Å². The van der Waals surface area contributed by atoms with Gasteiger partial charge >= 0.3 is 0 Å². The predicted octanol–water partition coefficient (Wildman–Crippen LogP) is 4.02. The highest BCUT2D eigenvalue weighted by molar-refractivity contribution is 5.98. The van der Waals surface area contributed by atoms with Gasteiger partial charge in [0.05, 0.1) is 11.2 Å². The van der Waals surface area contributed by atoms with E-state index < -0.39 is 0 Å². The van der Waals surface area contributed by atoms with Crippen molar-refractivity contribution in [3.05, 3.63) is 65.7 Å². The first-order valence-electron chi connectivity index (χ1n) is 6.20. The summed E-state index contributed by atoms with van der Waals surface area (Å²) in [6, 6.07) is 17.7. The van der Waals surface area contributed by atoms with Crippen LogP contribution in [0.4, 0.5) is 0 Å². The zero-order valence-electron chi connectivity index (χ0n) is 10.6. The number of pyridine rings is 1. The molecule has 0 fully saturated rings. The van der Waals surface area contributed by atoms with E-state index in [1.165, 1.54) is 5.56 Å². The molecule has 2 aromatic carbocycles. The molecule has 0 aliphatic heterocycles. The minimum absolute atomic E-state index is 0.682. The van der Waals surface area contributed by atoms with Crippen LogP contribution < -0.4 is 0 Å². The molecule has 0 atom stereocenters. The largest absolute Gasteiger partial charge is 0.298 e. The Morgan fingerprint density at radius 3 is 2.47 bits per heavy atom. The van der Waals surface area contributed by atoms with Crippen LogP contribution >= 0.6 is 0 Å². The second kappa shape index (κ2) is 4.65. The van der Waals surface area contributed by atoms with Crippen LogP contribution in [0.2, 0.25) is 0 Å². The molecule has 92 valence electrons. The predicted molar refractivity (Wildman–Crippen MR) is 77.3 cm³/mol. The van der Waals surface area contributed by atoms with Crippen LogP contribution in [0, 0.1) is 6.92 Å². The maximum atomic E-state index is 11.2. The molecule has 0 saturated heterocycles. The number of rotatable bonds is 2. The van der Waals surface area contributed by atoms with Crippen LogP contribution in [-0.2, 0) is 0 Å². The zero-order valence-corrected chi connectivity index (χ0v) is 10.6. The molecule has 0 saturated carbocycles. The van der Waals surface area contributed by atoms with E-state index >= 15 is 0 Å². The van der Waals surface area contributed by atoms with Gasteiger partial charge in [0.15, 0.2) is 6.29 Å². The summed E-state index contributed by atoms with van der Waals surface area (Å²) in [5, 5.41) is 0.897. The van der Waals surface area contributed by atoms with Gasteiger partial charge in [0.2, 0.25) is 0 Å². The summed E-state index contributed by atoms with van der Waals surface area (Å²) in [7, 11) is 0. The van der Waals surface area contributed by atoms with Crippen LogP contribution in [0.5, 0.6) is 0 Å². The van der Waals surface area contributed by atoms with E-state index in [0.717, 1.165) is 28.4 Å². The van der Waals surface area contributed by atoms with E-state index in [9.17, 15) is 4.79 Å². The second-order valence-corrected chi connectivity index (χ2v) is 4.60. The first-order chi connectivity index (χ1) is 9.28. The third-order valence-corrected chi connectivity index (χ3v) is 3.22. The minimum atomic E-state index is 0.682. The number of hydrogen-bond donors (Lipinski definition) is 0. The van der Waals surface area contributed by atoms with Crippen molar-refractivity contribution < 1.29 is 4.79 Å². The summed E-state index contributed by atoms with van der Waals surface area (Å²) in [5.74, 6) is 0. The maximum Gasteiger partial charge on any atom is 0.150 e. The van der Waals surface area contributed by atoms with Gasteiger partial charge in [-0.15, -0.1) is 0 Å². The summed E-state index contributed by atoms with van der Waals surface area (Å²) in [4.78, 5) is 15.9. The minimum Gasteiger partial charge on any atom is -0.298 e. The van der Waals surface area contributed by atoms with Gasteiger partial charge in [0.1, 0.15) is 0 Å². The van der Waals surface area contributed by atoms with Crippen LogP contribution in [0.25, 0.3) is 22.2 Å². The molecule has 0 amide bonds. The third kappa shape index (κ3) is 2.13. The Hall–Kier alpha value is -2.48. The van der Waals surface area contributed by atoms with Gasteiger partial charge < -0.3 is 0 Å². The van der Waals surface area contributed by atoms with Gasteiger partial charge in [0, 0.05) is 16.5 Å². The number of para-hydroxylation sites is 1. The lowest BCUT2D eigenvalue weighted by Crippen LogP contribution is -1.91. The number of fused-ring (bicyclic) bond motifs is 1. The number of aryl methyl sites for hydroxylation is 1. The van der Waals surface area contributed by atoms with Crippen molar-refractivity contribution >= 4 is 17.2 Å². The van der Waals surface area contributed by atoms with Crippen LogP contribution in [0.15, 0.2) is 54.6 Å². The average Bonchev–Trinajstić information content (AvgIpc) is 2.47. The van der Waals surface area contributed by atoms with E-state index in [2.05, 4.69) is 11.9 Å². The molecule has 19 heavy (non-hydrogen) atoms. The quantitative estimate of drug-likeness (QED) is 0.640. The van der Waals surface area contributed by atoms with Crippen molar-refractivity contribution in [1.82, 2.24) is 4.98 Å². The molecule has 3 rings (SSSR count). The number of aldehydes is 1. The van der Waals surface area contributed by atoms with Crippen molar-refractivity contribution in [2.75, 3.05) is 0 Å². The zero-order chi connectivity index (χ0) is 13.2. The van der Waals surface area contributed by atoms with Crippen molar-refractivity contribution in [3.63, 3.8) is 0 Å². The first-order valence-corrected chi connectivity index (χ1v) is 6.20. The first kappa shape index (κ1) is 11.6. The molecule has 3 aromatic rings. The second-order valence-electron chi connectivity index (χ2n) is 4.60. The van der Waals surface area contributed by atoms with Gasteiger partial charge in [-0.2, -0.15) is 0 Å². The number of carbonyl (C=O) groups excluding carboxylic acids is 1. The molecule has 0 unspecified atom stereocenters. The molecular formula is C17H13NO. The summed E-state index contributed by atoms with van der Waals surface area (Å²) in [6.45, 7) is 2.05. The summed E-state index contributed by atoms with van der Waals surface area (Å²) in [5.41, 5.74) is 4.60. The number of nitrogens with zero attached hydrogens (tertiary/aromatic N) is 1. The molecule has 0 N–H and O–H groups in total. The molecule has 0 spiro atoms. The smallest absolute Gasteiger partial charge is 0.150 e. The topological polar surface area (TPSA) is 30.0 Å². The highest BCUT2D eigenvalue weighted by Crippen LogP contribution is 2.24. The van der Waals surface area contributed by atoms with E-state index in [0.29, 0.717) is 5.56 Å². The lowest BCUT2D eigenvalue weighted by atomic mass is 10.0. The Kier molecular flexibility index (Phi) is 2.84. The van der Waals surface area contributed by atoms with E-state index in [1.807, 2.05) is 54.6 Å². The Balaban J connectivity index is 2.24. The van der Waals surface area contributed by atoms with Crippen LogP contribution in [-0.4, -0.2) is 11.3 Å². The van der Waals surface area contributed by atoms with Crippen molar-refractivity contribution in [2.45, 2.75) is 6.92 Å².